The molecule has 0 unspecified atom stereocenters. The van der Waals surface area contributed by atoms with E-state index in [1.807, 2.05) is 6.92 Å². The first-order valence-electron chi connectivity index (χ1n) is 3.99. The van der Waals surface area contributed by atoms with Crippen molar-refractivity contribution in [1.29, 1.82) is 0 Å². The van der Waals surface area contributed by atoms with Crippen LogP contribution in [0.5, 0.6) is 0 Å². The summed E-state index contributed by atoms with van der Waals surface area (Å²) in [6, 6.07) is 0. The normalized spacial score (nSPS) is 25.5. The number of hydrogen-bond acceptors (Lipinski definition) is 1. The number of carboxylic acids is 1. The zero-order chi connectivity index (χ0) is 8.43. The minimum Gasteiger partial charge on any atom is -0.481 e. The fourth-order valence-corrected chi connectivity index (χ4v) is 1.46. The van der Waals surface area contributed by atoms with Crippen LogP contribution in [0.3, 0.4) is 0 Å². The molecule has 1 N–H and O–H groups in total. The number of rotatable bonds is 1. The highest BCUT2D eigenvalue weighted by Crippen LogP contribution is 2.28. The van der Waals surface area contributed by atoms with Crippen molar-refractivity contribution in [2.45, 2.75) is 33.1 Å². The fraction of sp³-hybridized carbons (Fsp3) is 0.667. The summed E-state index contributed by atoms with van der Waals surface area (Å²) in [6.07, 6.45) is 2.53. The van der Waals surface area contributed by atoms with E-state index in [-0.39, 0.29) is 5.92 Å². The first-order valence-corrected chi connectivity index (χ1v) is 3.99. The van der Waals surface area contributed by atoms with Crippen LogP contribution in [0.25, 0.3) is 0 Å². The molecule has 1 aliphatic rings. The van der Waals surface area contributed by atoms with E-state index in [1.54, 1.807) is 0 Å². The highest BCUT2D eigenvalue weighted by atomic mass is 16.4. The molecule has 0 aromatic rings. The van der Waals surface area contributed by atoms with Gasteiger partial charge in [-0.05, 0) is 33.1 Å². The Hall–Kier alpha value is -0.790. The molecule has 0 radical (unpaired) electrons. The van der Waals surface area contributed by atoms with Crippen LogP contribution in [-0.4, -0.2) is 11.1 Å². The van der Waals surface area contributed by atoms with Gasteiger partial charge in [-0.1, -0.05) is 11.1 Å². The van der Waals surface area contributed by atoms with Crippen molar-refractivity contribution in [3.63, 3.8) is 0 Å². The third-order valence-corrected chi connectivity index (χ3v) is 2.50. The molecule has 0 heterocycles. The van der Waals surface area contributed by atoms with Crippen LogP contribution in [0.4, 0.5) is 0 Å². The number of carboxylic acid groups (broad SMARTS) is 1. The molecule has 1 rings (SSSR count). The monoisotopic (exact) mass is 154 g/mol. The van der Waals surface area contributed by atoms with E-state index in [9.17, 15) is 4.79 Å². The average Bonchev–Trinajstić information content (AvgIpc) is 1.94. The van der Waals surface area contributed by atoms with E-state index >= 15 is 0 Å². The van der Waals surface area contributed by atoms with E-state index in [4.69, 9.17) is 5.11 Å². The molecule has 1 atom stereocenters. The summed E-state index contributed by atoms with van der Waals surface area (Å²) in [5.41, 5.74) is 2.64. The van der Waals surface area contributed by atoms with Crippen molar-refractivity contribution in [3.05, 3.63) is 11.1 Å². The molecule has 1 aliphatic carbocycles. The van der Waals surface area contributed by atoms with E-state index in [0.717, 1.165) is 19.3 Å². The Balaban J connectivity index is 2.64. The van der Waals surface area contributed by atoms with Gasteiger partial charge in [-0.2, -0.15) is 0 Å². The van der Waals surface area contributed by atoms with E-state index < -0.39 is 5.97 Å². The van der Waals surface area contributed by atoms with Gasteiger partial charge in [-0.25, -0.2) is 0 Å². The van der Waals surface area contributed by atoms with Crippen LogP contribution in [0.2, 0.25) is 0 Å². The molecule has 0 aromatic carbocycles. The number of allylic oxidation sites excluding steroid dienone is 2. The number of aliphatic carboxylic acids is 1. The smallest absolute Gasteiger partial charge is 0.306 e. The van der Waals surface area contributed by atoms with Gasteiger partial charge in [0.05, 0.1) is 5.92 Å². The summed E-state index contributed by atoms with van der Waals surface area (Å²) in [5.74, 6) is -0.768. The Morgan fingerprint density at radius 3 is 2.55 bits per heavy atom. The molecule has 0 aliphatic heterocycles. The van der Waals surface area contributed by atoms with Crippen molar-refractivity contribution in [1.82, 2.24) is 0 Å². The van der Waals surface area contributed by atoms with Crippen LogP contribution in [0, 0.1) is 5.92 Å². The van der Waals surface area contributed by atoms with Crippen molar-refractivity contribution in [2.75, 3.05) is 0 Å². The lowest BCUT2D eigenvalue weighted by Gasteiger charge is -2.20. The zero-order valence-corrected chi connectivity index (χ0v) is 7.05. The summed E-state index contributed by atoms with van der Waals surface area (Å²) < 4.78 is 0. The maximum Gasteiger partial charge on any atom is 0.306 e. The van der Waals surface area contributed by atoms with E-state index in [2.05, 4.69) is 6.92 Å². The topological polar surface area (TPSA) is 37.3 Å². The SMILES string of the molecule is CC1=C(C)C[C@@H](C(=O)O)CC1. The minimum atomic E-state index is -0.642. The molecular formula is C9H14O2. The first kappa shape index (κ1) is 8.31. The average molecular weight is 154 g/mol. The molecule has 0 aromatic heterocycles. The molecule has 0 amide bonds. The van der Waals surface area contributed by atoms with E-state index in [1.165, 1.54) is 11.1 Å². The van der Waals surface area contributed by atoms with Crippen molar-refractivity contribution in [2.24, 2.45) is 5.92 Å². The van der Waals surface area contributed by atoms with E-state index in [0.29, 0.717) is 0 Å². The molecule has 0 spiro atoms. The number of carbonyl (C=O) groups is 1. The Kier molecular flexibility index (Phi) is 2.32. The van der Waals surface area contributed by atoms with Gasteiger partial charge in [0.2, 0.25) is 0 Å². The first-order chi connectivity index (χ1) is 5.11. The predicted molar refractivity (Wildman–Crippen MR) is 43.4 cm³/mol. The molecule has 0 saturated carbocycles. The van der Waals surface area contributed by atoms with Crippen molar-refractivity contribution >= 4 is 5.97 Å². The van der Waals surface area contributed by atoms with Crippen LogP contribution in [0.1, 0.15) is 33.1 Å². The second kappa shape index (κ2) is 3.07. The summed E-state index contributed by atoms with van der Waals surface area (Å²) >= 11 is 0. The summed E-state index contributed by atoms with van der Waals surface area (Å²) in [5, 5.41) is 8.72. The van der Waals surface area contributed by atoms with Gasteiger partial charge in [-0.3, -0.25) is 4.79 Å². The molecule has 0 bridgehead atoms. The fourth-order valence-electron chi connectivity index (χ4n) is 1.46. The maximum absolute atomic E-state index is 10.6. The maximum atomic E-state index is 10.6. The molecule has 0 saturated heterocycles. The van der Waals surface area contributed by atoms with Crippen molar-refractivity contribution in [3.8, 4) is 0 Å². The summed E-state index contributed by atoms with van der Waals surface area (Å²) in [4.78, 5) is 10.6. The molecule has 2 heteroatoms. The number of hydrogen-bond donors (Lipinski definition) is 1. The largest absolute Gasteiger partial charge is 0.481 e. The van der Waals surface area contributed by atoms with Gasteiger partial charge in [0, 0.05) is 0 Å². The van der Waals surface area contributed by atoms with Crippen LogP contribution >= 0.6 is 0 Å². The lowest BCUT2D eigenvalue weighted by molar-refractivity contribution is -0.142. The second-order valence-corrected chi connectivity index (χ2v) is 3.34. The van der Waals surface area contributed by atoms with Crippen LogP contribution in [0.15, 0.2) is 11.1 Å². The summed E-state index contributed by atoms with van der Waals surface area (Å²) in [6.45, 7) is 4.12. The minimum absolute atomic E-state index is 0.126. The highest BCUT2D eigenvalue weighted by molar-refractivity contribution is 5.70. The lowest BCUT2D eigenvalue weighted by atomic mass is 9.85. The molecule has 62 valence electrons. The Bertz CT molecular complexity index is 204. The highest BCUT2D eigenvalue weighted by Gasteiger charge is 2.22. The van der Waals surface area contributed by atoms with Gasteiger partial charge in [0.15, 0.2) is 0 Å². The van der Waals surface area contributed by atoms with Gasteiger partial charge in [0.1, 0.15) is 0 Å². The second-order valence-electron chi connectivity index (χ2n) is 3.34. The molecule has 0 fully saturated rings. The molecule has 2 nitrogen and oxygen atoms in total. The predicted octanol–water partition coefficient (Wildman–Crippen LogP) is 2.21. The zero-order valence-electron chi connectivity index (χ0n) is 7.05. The third kappa shape index (κ3) is 1.82. The van der Waals surface area contributed by atoms with Gasteiger partial charge in [0.25, 0.3) is 0 Å². The molecule has 11 heavy (non-hydrogen) atoms. The van der Waals surface area contributed by atoms with Crippen LogP contribution < -0.4 is 0 Å². The standard InChI is InChI=1S/C9H14O2/c1-6-3-4-8(9(10)11)5-7(6)2/h8H,3-5H2,1-2H3,(H,10,11)/t8-/m0/s1. The van der Waals surface area contributed by atoms with Gasteiger partial charge >= 0.3 is 5.97 Å². The Morgan fingerprint density at radius 1 is 1.45 bits per heavy atom. The summed E-state index contributed by atoms with van der Waals surface area (Å²) in [7, 11) is 0. The lowest BCUT2D eigenvalue weighted by Crippen LogP contribution is -2.17. The Morgan fingerprint density at radius 2 is 2.09 bits per heavy atom. The van der Waals surface area contributed by atoms with Crippen LogP contribution in [-0.2, 0) is 4.79 Å². The molecular weight excluding hydrogens is 140 g/mol. The Labute approximate surface area is 66.9 Å². The third-order valence-electron chi connectivity index (χ3n) is 2.50. The van der Waals surface area contributed by atoms with Crippen molar-refractivity contribution < 1.29 is 9.90 Å². The van der Waals surface area contributed by atoms with Gasteiger partial charge in [-0.15, -0.1) is 0 Å². The van der Waals surface area contributed by atoms with Gasteiger partial charge < -0.3 is 5.11 Å². The quantitative estimate of drug-likeness (QED) is 0.588.